The van der Waals surface area contributed by atoms with Crippen molar-refractivity contribution in [2.75, 3.05) is 0 Å². The van der Waals surface area contributed by atoms with Crippen molar-refractivity contribution in [3.8, 4) is 0 Å². The van der Waals surface area contributed by atoms with Crippen LogP contribution in [0.5, 0.6) is 0 Å². The largest absolute Gasteiger partial charge is 0.0845 e. The van der Waals surface area contributed by atoms with Crippen LogP contribution < -0.4 is 0 Å². The van der Waals surface area contributed by atoms with Crippen LogP contribution in [0.1, 0.15) is 110 Å². The molecule has 0 saturated carbocycles. The first kappa shape index (κ1) is 20.5. The van der Waals surface area contributed by atoms with Gasteiger partial charge in [-0.25, -0.2) is 0 Å². The van der Waals surface area contributed by atoms with Gasteiger partial charge in [0.2, 0.25) is 0 Å². The van der Waals surface area contributed by atoms with Crippen LogP contribution in [-0.4, -0.2) is 0 Å². The standard InChI is InChI=1S/C21H39/c1-3-5-7-9-11-13-15-17-19-21-20-18-16-14-12-10-8-6-4-2/h1,3,5,7H,4,6,8-21H2,2H3/b3-1?,7-5+. The number of allylic oxidation sites excluding steroid dienone is 3. The fourth-order valence-electron chi connectivity index (χ4n) is 2.81. The molecular weight excluding hydrogens is 252 g/mol. The molecule has 0 aromatic heterocycles. The summed E-state index contributed by atoms with van der Waals surface area (Å²) in [5.74, 6) is 0. The van der Waals surface area contributed by atoms with Crippen molar-refractivity contribution >= 4 is 0 Å². The van der Waals surface area contributed by atoms with E-state index < -0.39 is 0 Å². The quantitative estimate of drug-likeness (QED) is 0.189. The van der Waals surface area contributed by atoms with Gasteiger partial charge in [-0.15, -0.1) is 0 Å². The van der Waals surface area contributed by atoms with E-state index in [-0.39, 0.29) is 0 Å². The van der Waals surface area contributed by atoms with Crippen molar-refractivity contribution in [2.45, 2.75) is 110 Å². The molecule has 0 aliphatic rings. The highest BCUT2D eigenvalue weighted by atomic mass is 14.0. The minimum Gasteiger partial charge on any atom is -0.0845 e. The van der Waals surface area contributed by atoms with Gasteiger partial charge in [0, 0.05) is 0 Å². The summed E-state index contributed by atoms with van der Waals surface area (Å²) in [4.78, 5) is 0. The SMILES string of the molecule is [CH]=C/C=C/CCCCCCCCCCCCCCCCC. The lowest BCUT2D eigenvalue weighted by Crippen LogP contribution is -1.83. The Morgan fingerprint density at radius 2 is 0.952 bits per heavy atom. The average molecular weight is 292 g/mol. The van der Waals surface area contributed by atoms with E-state index in [1.807, 2.05) is 6.08 Å². The Bertz CT molecular complexity index is 214. The monoisotopic (exact) mass is 291 g/mol. The second-order valence-electron chi connectivity index (χ2n) is 6.36. The van der Waals surface area contributed by atoms with Gasteiger partial charge < -0.3 is 0 Å². The highest BCUT2D eigenvalue weighted by Gasteiger charge is 1.93. The molecule has 0 heterocycles. The van der Waals surface area contributed by atoms with E-state index in [1.165, 1.54) is 103 Å². The van der Waals surface area contributed by atoms with Gasteiger partial charge in [-0.1, -0.05) is 122 Å². The van der Waals surface area contributed by atoms with Crippen LogP contribution in [0.15, 0.2) is 18.2 Å². The zero-order chi connectivity index (χ0) is 15.4. The lowest BCUT2D eigenvalue weighted by molar-refractivity contribution is 0.533. The number of hydrogen-bond acceptors (Lipinski definition) is 0. The highest BCUT2D eigenvalue weighted by Crippen LogP contribution is 2.13. The van der Waals surface area contributed by atoms with Gasteiger partial charge >= 0.3 is 0 Å². The van der Waals surface area contributed by atoms with Crippen molar-refractivity contribution in [2.24, 2.45) is 0 Å². The molecule has 0 atom stereocenters. The van der Waals surface area contributed by atoms with E-state index >= 15 is 0 Å². The lowest BCUT2D eigenvalue weighted by Gasteiger charge is -2.03. The maximum Gasteiger partial charge on any atom is -0.0348 e. The van der Waals surface area contributed by atoms with Crippen molar-refractivity contribution in [1.29, 1.82) is 0 Å². The third-order valence-corrected chi connectivity index (χ3v) is 4.22. The van der Waals surface area contributed by atoms with E-state index in [0.29, 0.717) is 0 Å². The second-order valence-corrected chi connectivity index (χ2v) is 6.36. The van der Waals surface area contributed by atoms with E-state index in [9.17, 15) is 0 Å². The summed E-state index contributed by atoms with van der Waals surface area (Å²) in [5, 5.41) is 0. The number of hydrogen-bond donors (Lipinski definition) is 0. The van der Waals surface area contributed by atoms with E-state index in [1.54, 1.807) is 6.08 Å². The van der Waals surface area contributed by atoms with Crippen LogP contribution in [0, 0.1) is 6.58 Å². The molecule has 0 saturated heterocycles. The smallest absolute Gasteiger partial charge is 0.0348 e. The molecule has 123 valence electrons. The molecule has 0 amide bonds. The van der Waals surface area contributed by atoms with E-state index in [0.717, 1.165) is 0 Å². The summed E-state index contributed by atoms with van der Waals surface area (Å²) in [6.45, 7) is 7.57. The summed E-state index contributed by atoms with van der Waals surface area (Å²) in [6.07, 6.45) is 28.4. The minimum atomic E-state index is 1.19. The molecular formula is C21H39. The Morgan fingerprint density at radius 3 is 1.33 bits per heavy atom. The molecule has 0 aliphatic heterocycles. The topological polar surface area (TPSA) is 0 Å². The first-order valence-electron chi connectivity index (χ1n) is 9.62. The van der Waals surface area contributed by atoms with E-state index in [2.05, 4.69) is 13.0 Å². The van der Waals surface area contributed by atoms with Crippen LogP contribution in [0.4, 0.5) is 0 Å². The van der Waals surface area contributed by atoms with E-state index in [4.69, 9.17) is 6.58 Å². The Balaban J connectivity index is 2.96. The summed E-state index contributed by atoms with van der Waals surface area (Å²) >= 11 is 0. The molecule has 21 heavy (non-hydrogen) atoms. The first-order valence-corrected chi connectivity index (χ1v) is 9.62. The summed E-state index contributed by atoms with van der Waals surface area (Å²) < 4.78 is 0. The molecule has 0 aromatic rings. The lowest BCUT2D eigenvalue weighted by atomic mass is 10.0. The van der Waals surface area contributed by atoms with Crippen LogP contribution in [-0.2, 0) is 0 Å². The maximum absolute atomic E-state index is 5.28. The van der Waals surface area contributed by atoms with Crippen LogP contribution >= 0.6 is 0 Å². The molecule has 0 unspecified atom stereocenters. The Morgan fingerprint density at radius 1 is 0.571 bits per heavy atom. The summed E-state index contributed by atoms with van der Waals surface area (Å²) in [5.41, 5.74) is 0. The minimum absolute atomic E-state index is 1.19. The number of unbranched alkanes of at least 4 members (excludes halogenated alkanes) is 15. The fourth-order valence-corrected chi connectivity index (χ4v) is 2.81. The molecule has 1 radical (unpaired) electrons. The third kappa shape index (κ3) is 19.5. The van der Waals surface area contributed by atoms with Gasteiger partial charge in [0.1, 0.15) is 0 Å². The van der Waals surface area contributed by atoms with Crippen LogP contribution in [0.3, 0.4) is 0 Å². The van der Waals surface area contributed by atoms with Gasteiger partial charge in [0.15, 0.2) is 0 Å². The third-order valence-electron chi connectivity index (χ3n) is 4.22. The summed E-state index contributed by atoms with van der Waals surface area (Å²) in [7, 11) is 0. The Labute approximate surface area is 135 Å². The fraction of sp³-hybridized carbons (Fsp3) is 0.810. The molecule has 0 fully saturated rings. The van der Waals surface area contributed by atoms with Gasteiger partial charge in [0.25, 0.3) is 0 Å². The molecule has 0 spiro atoms. The van der Waals surface area contributed by atoms with Gasteiger partial charge in [-0.2, -0.15) is 0 Å². The predicted octanol–water partition coefficient (Wildman–Crippen LogP) is 7.79. The molecule has 0 heteroatoms. The average Bonchev–Trinajstić information content (AvgIpc) is 2.50. The molecule has 0 bridgehead atoms. The zero-order valence-electron chi connectivity index (χ0n) is 14.6. The van der Waals surface area contributed by atoms with Gasteiger partial charge in [-0.3, -0.25) is 0 Å². The molecule has 0 rings (SSSR count). The number of rotatable bonds is 17. The Kier molecular flexibility index (Phi) is 19.0. The van der Waals surface area contributed by atoms with Crippen LogP contribution in [0.2, 0.25) is 0 Å². The molecule has 0 aliphatic carbocycles. The maximum atomic E-state index is 5.28. The van der Waals surface area contributed by atoms with Gasteiger partial charge in [-0.05, 0) is 12.8 Å². The zero-order valence-corrected chi connectivity index (χ0v) is 14.6. The molecule has 0 aromatic carbocycles. The molecule has 0 nitrogen and oxygen atoms in total. The highest BCUT2D eigenvalue weighted by molar-refractivity contribution is 4.95. The van der Waals surface area contributed by atoms with Crippen molar-refractivity contribution in [1.82, 2.24) is 0 Å². The molecule has 0 N–H and O–H groups in total. The Hall–Kier alpha value is -0.520. The van der Waals surface area contributed by atoms with Gasteiger partial charge in [0.05, 0.1) is 0 Å². The van der Waals surface area contributed by atoms with Crippen molar-refractivity contribution in [3.63, 3.8) is 0 Å². The van der Waals surface area contributed by atoms with Crippen molar-refractivity contribution in [3.05, 3.63) is 24.8 Å². The predicted molar refractivity (Wildman–Crippen MR) is 97.6 cm³/mol. The normalized spacial score (nSPS) is 11.3. The first-order chi connectivity index (χ1) is 10.4. The van der Waals surface area contributed by atoms with Crippen molar-refractivity contribution < 1.29 is 0 Å². The summed E-state index contributed by atoms with van der Waals surface area (Å²) in [6, 6.07) is 0. The van der Waals surface area contributed by atoms with Crippen LogP contribution in [0.25, 0.3) is 0 Å². The second kappa shape index (κ2) is 19.5.